The van der Waals surface area contributed by atoms with E-state index in [0.29, 0.717) is 12.5 Å². The molecule has 2 heterocycles. The minimum atomic E-state index is -0.0724. The lowest BCUT2D eigenvalue weighted by atomic mass is 9.88. The molecule has 2 saturated carbocycles. The third kappa shape index (κ3) is 4.49. The van der Waals surface area contributed by atoms with Crippen LogP contribution in [0.25, 0.3) is 10.9 Å². The maximum atomic E-state index is 13.6. The molecule has 0 aliphatic heterocycles. The zero-order valence-electron chi connectivity index (χ0n) is 19.1. The van der Waals surface area contributed by atoms with Crippen molar-refractivity contribution in [3.63, 3.8) is 0 Å². The highest BCUT2D eigenvalue weighted by atomic mass is 32.1. The number of benzene rings is 1. The summed E-state index contributed by atoms with van der Waals surface area (Å²) >= 11 is 1.48. The van der Waals surface area contributed by atoms with Gasteiger partial charge in [-0.2, -0.15) is 0 Å². The predicted molar refractivity (Wildman–Crippen MR) is 131 cm³/mol. The lowest BCUT2D eigenvalue weighted by Gasteiger charge is -2.22. The molecule has 7 heteroatoms. The Morgan fingerprint density at radius 3 is 2.64 bits per heavy atom. The molecule has 33 heavy (non-hydrogen) atoms. The van der Waals surface area contributed by atoms with Crippen molar-refractivity contribution < 1.29 is 14.7 Å². The number of aliphatic hydroxyl groups is 1. The summed E-state index contributed by atoms with van der Waals surface area (Å²) in [7, 11) is 0. The Labute approximate surface area is 198 Å². The van der Waals surface area contributed by atoms with Crippen molar-refractivity contribution in [2.45, 2.75) is 64.9 Å². The Morgan fingerprint density at radius 1 is 1.18 bits per heavy atom. The van der Waals surface area contributed by atoms with Crippen molar-refractivity contribution in [3.05, 3.63) is 46.6 Å². The van der Waals surface area contributed by atoms with Gasteiger partial charge >= 0.3 is 0 Å². The summed E-state index contributed by atoms with van der Waals surface area (Å²) in [5, 5.41) is 13.3. The van der Waals surface area contributed by atoms with Crippen LogP contribution in [-0.2, 0) is 17.8 Å². The third-order valence-electron chi connectivity index (χ3n) is 7.17. The average molecular weight is 466 g/mol. The van der Waals surface area contributed by atoms with E-state index >= 15 is 0 Å². The van der Waals surface area contributed by atoms with E-state index in [-0.39, 0.29) is 30.8 Å². The van der Waals surface area contributed by atoms with E-state index in [1.807, 2.05) is 40.0 Å². The van der Waals surface area contributed by atoms with E-state index in [9.17, 15) is 14.7 Å². The zero-order chi connectivity index (χ0) is 22.9. The molecule has 2 aromatic heterocycles. The molecule has 3 aromatic rings. The number of anilines is 1. The Bertz CT molecular complexity index is 1160. The number of carbonyl (C=O) groups excluding carboxylic acids is 2. The number of carbonyl (C=O) groups is 2. The molecule has 2 aliphatic carbocycles. The number of aromatic nitrogens is 2. The lowest BCUT2D eigenvalue weighted by Crippen LogP contribution is -2.34. The first-order chi connectivity index (χ1) is 16.1. The summed E-state index contributed by atoms with van der Waals surface area (Å²) in [6.45, 7) is 2.58. The standard InChI is InChI=1S/C26H31N3O3S/c1-17-21(14-24(31)28(15-18-7-8-18)26-27-11-12-33-26)22-13-19(16-30)9-10-23(22)29(17)25(32)20-5-3-2-4-6-20/h9-13,18,20,30H,2-8,14-16H2,1H3. The van der Waals surface area contributed by atoms with Crippen molar-refractivity contribution in [2.75, 3.05) is 11.4 Å². The number of hydrogen-bond donors (Lipinski definition) is 1. The van der Waals surface area contributed by atoms with Crippen LogP contribution in [0.1, 0.15) is 66.6 Å². The van der Waals surface area contributed by atoms with E-state index in [2.05, 4.69) is 4.98 Å². The van der Waals surface area contributed by atoms with Crippen LogP contribution in [0, 0.1) is 18.8 Å². The molecule has 1 N–H and O–H groups in total. The molecular formula is C26H31N3O3S. The highest BCUT2D eigenvalue weighted by molar-refractivity contribution is 7.13. The number of amides is 1. The second kappa shape index (κ2) is 9.39. The molecule has 0 radical (unpaired) electrons. The molecule has 5 rings (SSSR count). The largest absolute Gasteiger partial charge is 0.392 e. The Kier molecular flexibility index (Phi) is 6.34. The second-order valence-corrected chi connectivity index (χ2v) is 10.4. The number of aliphatic hydroxyl groups excluding tert-OH is 1. The van der Waals surface area contributed by atoms with Crippen LogP contribution in [0.3, 0.4) is 0 Å². The number of hydrogen-bond acceptors (Lipinski definition) is 5. The molecule has 0 unspecified atom stereocenters. The first kappa shape index (κ1) is 22.3. The molecule has 2 aliphatic rings. The van der Waals surface area contributed by atoms with Crippen LogP contribution in [0.2, 0.25) is 0 Å². The van der Waals surface area contributed by atoms with Gasteiger partial charge in [-0.3, -0.25) is 19.1 Å². The molecule has 1 aromatic carbocycles. The molecule has 6 nitrogen and oxygen atoms in total. The Balaban J connectivity index is 1.53. The fourth-order valence-electron chi connectivity index (χ4n) is 5.11. The van der Waals surface area contributed by atoms with E-state index in [1.165, 1.54) is 17.8 Å². The summed E-state index contributed by atoms with van der Waals surface area (Å²) in [5.74, 6) is 0.742. The summed E-state index contributed by atoms with van der Waals surface area (Å²) in [4.78, 5) is 33.3. The van der Waals surface area contributed by atoms with Gasteiger partial charge in [0.1, 0.15) is 0 Å². The van der Waals surface area contributed by atoms with Crippen LogP contribution in [-0.4, -0.2) is 33.0 Å². The van der Waals surface area contributed by atoms with Crippen molar-refractivity contribution >= 4 is 39.2 Å². The molecule has 0 saturated heterocycles. The first-order valence-electron chi connectivity index (χ1n) is 12.0. The Morgan fingerprint density at radius 2 is 1.97 bits per heavy atom. The van der Waals surface area contributed by atoms with Crippen molar-refractivity contribution in [1.29, 1.82) is 0 Å². The molecule has 2 fully saturated rings. The van der Waals surface area contributed by atoms with Gasteiger partial charge in [0.25, 0.3) is 0 Å². The van der Waals surface area contributed by atoms with E-state index < -0.39 is 0 Å². The molecule has 0 atom stereocenters. The lowest BCUT2D eigenvalue weighted by molar-refractivity contribution is -0.118. The maximum Gasteiger partial charge on any atom is 0.234 e. The summed E-state index contributed by atoms with van der Waals surface area (Å²) in [5.41, 5.74) is 3.35. The second-order valence-electron chi connectivity index (χ2n) is 9.52. The van der Waals surface area contributed by atoms with Gasteiger partial charge in [-0.25, -0.2) is 4.98 Å². The van der Waals surface area contributed by atoms with Gasteiger partial charge in [-0.15, -0.1) is 11.3 Å². The normalized spacial score (nSPS) is 16.9. The Hall–Kier alpha value is -2.51. The summed E-state index contributed by atoms with van der Waals surface area (Å²) in [6.07, 6.45) is 9.52. The fourth-order valence-corrected chi connectivity index (χ4v) is 5.78. The van der Waals surface area contributed by atoms with Crippen molar-refractivity contribution in [2.24, 2.45) is 11.8 Å². The number of rotatable bonds is 7. The van der Waals surface area contributed by atoms with E-state index in [0.717, 1.165) is 71.4 Å². The highest BCUT2D eigenvalue weighted by Crippen LogP contribution is 2.35. The zero-order valence-corrected chi connectivity index (χ0v) is 19.9. The number of thiazole rings is 1. The third-order valence-corrected chi connectivity index (χ3v) is 7.97. The van der Waals surface area contributed by atoms with E-state index in [4.69, 9.17) is 0 Å². The molecule has 174 valence electrons. The fraction of sp³-hybridized carbons (Fsp3) is 0.500. The minimum absolute atomic E-state index is 0.0125. The van der Waals surface area contributed by atoms with Gasteiger partial charge < -0.3 is 5.11 Å². The molecule has 1 amide bonds. The van der Waals surface area contributed by atoms with Crippen LogP contribution in [0.15, 0.2) is 29.8 Å². The van der Waals surface area contributed by atoms with Crippen molar-refractivity contribution in [1.82, 2.24) is 9.55 Å². The number of nitrogens with zero attached hydrogens (tertiary/aromatic N) is 3. The topological polar surface area (TPSA) is 75.4 Å². The maximum absolute atomic E-state index is 13.6. The highest BCUT2D eigenvalue weighted by Gasteiger charge is 2.31. The summed E-state index contributed by atoms with van der Waals surface area (Å²) in [6, 6.07) is 5.72. The average Bonchev–Trinajstić information content (AvgIpc) is 3.42. The molecule has 0 bridgehead atoms. The monoisotopic (exact) mass is 465 g/mol. The van der Waals surface area contributed by atoms with Crippen LogP contribution >= 0.6 is 11.3 Å². The molecular weight excluding hydrogens is 434 g/mol. The molecule has 0 spiro atoms. The summed E-state index contributed by atoms with van der Waals surface area (Å²) < 4.78 is 1.84. The smallest absolute Gasteiger partial charge is 0.234 e. The first-order valence-corrected chi connectivity index (χ1v) is 12.9. The van der Waals surface area contributed by atoms with Crippen LogP contribution in [0.4, 0.5) is 5.13 Å². The van der Waals surface area contributed by atoms with Crippen molar-refractivity contribution in [3.8, 4) is 0 Å². The van der Waals surface area contributed by atoms with Gasteiger partial charge in [0.2, 0.25) is 11.8 Å². The quantitative estimate of drug-likeness (QED) is 0.526. The van der Waals surface area contributed by atoms with Gasteiger partial charge in [-0.05, 0) is 61.8 Å². The van der Waals surface area contributed by atoms with Gasteiger partial charge in [0.15, 0.2) is 5.13 Å². The van der Waals surface area contributed by atoms with Crippen LogP contribution in [0.5, 0.6) is 0 Å². The number of fused-ring (bicyclic) bond motifs is 1. The van der Waals surface area contributed by atoms with Gasteiger partial charge in [0.05, 0.1) is 18.5 Å². The minimum Gasteiger partial charge on any atom is -0.392 e. The SMILES string of the molecule is Cc1c(CC(=O)N(CC2CC2)c2nccs2)c2cc(CO)ccc2n1C(=O)C1CCCCC1. The van der Waals surface area contributed by atoms with E-state index in [1.54, 1.807) is 6.20 Å². The van der Waals surface area contributed by atoms with Gasteiger partial charge in [0, 0.05) is 35.1 Å². The predicted octanol–water partition coefficient (Wildman–Crippen LogP) is 5.10. The van der Waals surface area contributed by atoms with Crippen LogP contribution < -0.4 is 4.90 Å². The van der Waals surface area contributed by atoms with Gasteiger partial charge in [-0.1, -0.05) is 25.3 Å².